The molecule has 1 aliphatic rings. The number of benzene rings is 1. The number of rotatable bonds is 6. The molecule has 1 aromatic rings. The number of carbonyl (C=O) groups excluding carboxylic acids is 2. The molecule has 1 aromatic carbocycles. The number of hydrogen-bond donors (Lipinski definition) is 1. The Morgan fingerprint density at radius 3 is 2.44 bits per heavy atom. The Morgan fingerprint density at radius 1 is 1.15 bits per heavy atom. The highest BCUT2D eigenvalue weighted by atomic mass is 16.6. The van der Waals surface area contributed by atoms with Crippen LogP contribution < -0.4 is 5.32 Å². The summed E-state index contributed by atoms with van der Waals surface area (Å²) in [5.41, 5.74) is 0.445. The summed E-state index contributed by atoms with van der Waals surface area (Å²) in [6.45, 7) is 7.84. The Hall–Kier alpha value is -2.04. The van der Waals surface area contributed by atoms with E-state index in [1.165, 1.54) is 0 Å². The molecule has 1 aliphatic carbocycles. The number of alkyl carbamates (subject to hydrolysis) is 1. The summed E-state index contributed by atoms with van der Waals surface area (Å²) in [5, 5.41) is 3.00. The summed E-state index contributed by atoms with van der Waals surface area (Å²) >= 11 is 0. The molecular weight excluding hydrogens is 342 g/mol. The monoisotopic (exact) mass is 375 g/mol. The molecule has 0 saturated heterocycles. The van der Waals surface area contributed by atoms with Crippen molar-refractivity contribution in [2.45, 2.75) is 78.0 Å². The zero-order chi connectivity index (χ0) is 19.9. The van der Waals surface area contributed by atoms with E-state index < -0.39 is 11.7 Å². The van der Waals surface area contributed by atoms with Gasteiger partial charge in [-0.05, 0) is 51.5 Å². The first-order valence-corrected chi connectivity index (χ1v) is 10.00. The molecule has 1 saturated carbocycles. The van der Waals surface area contributed by atoms with E-state index >= 15 is 0 Å². The highest BCUT2D eigenvalue weighted by Crippen LogP contribution is 2.33. The average Bonchev–Trinajstić information content (AvgIpc) is 2.61. The SMILES string of the molecule is CC[C@@H](C(=O)OCc1ccccc1)[C@H]1CCCC[C@H]1NC(=O)OC(C)(C)C. The third-order valence-corrected chi connectivity index (χ3v) is 5.00. The summed E-state index contributed by atoms with van der Waals surface area (Å²) in [5.74, 6) is -0.308. The van der Waals surface area contributed by atoms with E-state index in [1.807, 2.05) is 58.0 Å². The fraction of sp³-hybridized carbons (Fsp3) is 0.636. The Labute approximate surface area is 162 Å². The Bertz CT molecular complexity index is 608. The van der Waals surface area contributed by atoms with Crippen LogP contribution in [0.5, 0.6) is 0 Å². The highest BCUT2D eigenvalue weighted by molar-refractivity contribution is 5.73. The van der Waals surface area contributed by atoms with E-state index in [2.05, 4.69) is 5.32 Å². The lowest BCUT2D eigenvalue weighted by molar-refractivity contribution is -0.153. The molecule has 5 nitrogen and oxygen atoms in total. The van der Waals surface area contributed by atoms with Crippen LogP contribution in [0.15, 0.2) is 30.3 Å². The number of ether oxygens (including phenoxy) is 2. The zero-order valence-corrected chi connectivity index (χ0v) is 17.0. The Morgan fingerprint density at radius 2 is 1.81 bits per heavy atom. The van der Waals surface area contributed by atoms with E-state index in [0.29, 0.717) is 6.42 Å². The van der Waals surface area contributed by atoms with E-state index in [9.17, 15) is 9.59 Å². The second-order valence-electron chi connectivity index (χ2n) is 8.31. The van der Waals surface area contributed by atoms with Crippen molar-refractivity contribution in [3.63, 3.8) is 0 Å². The molecule has 0 heterocycles. The Balaban J connectivity index is 1.98. The van der Waals surface area contributed by atoms with Gasteiger partial charge in [0, 0.05) is 6.04 Å². The van der Waals surface area contributed by atoms with Gasteiger partial charge < -0.3 is 14.8 Å². The van der Waals surface area contributed by atoms with Gasteiger partial charge in [-0.2, -0.15) is 0 Å². The van der Waals surface area contributed by atoms with Crippen molar-refractivity contribution in [2.75, 3.05) is 0 Å². The lowest BCUT2D eigenvalue weighted by Crippen LogP contribution is -2.48. The molecule has 5 heteroatoms. The maximum Gasteiger partial charge on any atom is 0.407 e. The number of hydrogen-bond acceptors (Lipinski definition) is 4. The van der Waals surface area contributed by atoms with Gasteiger partial charge in [-0.15, -0.1) is 0 Å². The van der Waals surface area contributed by atoms with Crippen molar-refractivity contribution in [2.24, 2.45) is 11.8 Å². The van der Waals surface area contributed by atoms with Crippen LogP contribution in [0.1, 0.15) is 65.4 Å². The minimum absolute atomic E-state index is 0.0529. The van der Waals surface area contributed by atoms with E-state index in [0.717, 1.165) is 31.2 Å². The summed E-state index contributed by atoms with van der Waals surface area (Å²) in [7, 11) is 0. The summed E-state index contributed by atoms with van der Waals surface area (Å²) in [4.78, 5) is 25.0. The highest BCUT2D eigenvalue weighted by Gasteiger charge is 2.37. The normalized spacial score (nSPS) is 21.2. The summed E-state index contributed by atoms with van der Waals surface area (Å²) < 4.78 is 11.0. The van der Waals surface area contributed by atoms with Gasteiger partial charge in [-0.25, -0.2) is 4.79 Å². The zero-order valence-electron chi connectivity index (χ0n) is 17.0. The van der Waals surface area contributed by atoms with Gasteiger partial charge in [-0.1, -0.05) is 50.1 Å². The van der Waals surface area contributed by atoms with E-state index in [1.54, 1.807) is 0 Å². The smallest absolute Gasteiger partial charge is 0.407 e. The van der Waals surface area contributed by atoms with Crippen molar-refractivity contribution in [3.8, 4) is 0 Å². The topological polar surface area (TPSA) is 64.6 Å². The van der Waals surface area contributed by atoms with Crippen molar-refractivity contribution in [3.05, 3.63) is 35.9 Å². The summed E-state index contributed by atoms with van der Waals surface area (Å²) in [6, 6.07) is 9.64. The molecule has 0 aromatic heterocycles. The lowest BCUT2D eigenvalue weighted by Gasteiger charge is -2.36. The standard InChI is InChI=1S/C22H33NO4/c1-5-17(20(24)26-15-16-11-7-6-8-12-16)18-13-9-10-14-19(18)23-21(25)27-22(2,3)4/h6-8,11-12,17-19H,5,9-10,13-15H2,1-4H3,(H,23,25)/t17-,18-,19-/m1/s1. The molecule has 2 rings (SSSR count). The molecule has 1 N–H and O–H groups in total. The molecule has 0 spiro atoms. The number of nitrogens with one attached hydrogen (secondary N) is 1. The van der Waals surface area contributed by atoms with Crippen molar-refractivity contribution in [1.29, 1.82) is 0 Å². The van der Waals surface area contributed by atoms with Gasteiger partial charge in [0.15, 0.2) is 0 Å². The van der Waals surface area contributed by atoms with Gasteiger partial charge in [0.1, 0.15) is 12.2 Å². The average molecular weight is 376 g/mol. The molecule has 1 amide bonds. The second-order valence-corrected chi connectivity index (χ2v) is 8.31. The fourth-order valence-electron chi connectivity index (χ4n) is 3.76. The largest absolute Gasteiger partial charge is 0.461 e. The minimum Gasteiger partial charge on any atom is -0.461 e. The van der Waals surface area contributed by atoms with Gasteiger partial charge in [0.2, 0.25) is 0 Å². The first-order chi connectivity index (χ1) is 12.8. The van der Waals surface area contributed by atoms with E-state index in [4.69, 9.17) is 9.47 Å². The number of carbonyl (C=O) groups is 2. The third kappa shape index (κ3) is 6.89. The summed E-state index contributed by atoms with van der Waals surface area (Å²) in [6.07, 6.45) is 4.19. The molecule has 150 valence electrons. The lowest BCUT2D eigenvalue weighted by atomic mass is 9.75. The maximum atomic E-state index is 12.7. The molecule has 0 unspecified atom stereocenters. The molecule has 0 radical (unpaired) electrons. The Kier molecular flexibility index (Phi) is 7.69. The fourth-order valence-corrected chi connectivity index (χ4v) is 3.76. The van der Waals surface area contributed by atoms with Crippen LogP contribution in [-0.4, -0.2) is 23.7 Å². The van der Waals surface area contributed by atoms with Gasteiger partial charge >= 0.3 is 12.1 Å². The quantitative estimate of drug-likeness (QED) is 0.723. The first-order valence-electron chi connectivity index (χ1n) is 10.00. The maximum absolute atomic E-state index is 12.7. The van der Waals surface area contributed by atoms with Gasteiger partial charge in [0.05, 0.1) is 5.92 Å². The first kappa shape index (κ1) is 21.3. The molecule has 0 aliphatic heterocycles. The van der Waals surface area contributed by atoms with Crippen molar-refractivity contribution in [1.82, 2.24) is 5.32 Å². The number of esters is 1. The van der Waals surface area contributed by atoms with Crippen LogP contribution in [0.3, 0.4) is 0 Å². The van der Waals surface area contributed by atoms with Crippen LogP contribution in [0.4, 0.5) is 4.79 Å². The molecular formula is C22H33NO4. The van der Waals surface area contributed by atoms with E-state index in [-0.39, 0.29) is 30.5 Å². The predicted molar refractivity (Wildman–Crippen MR) is 105 cm³/mol. The van der Waals surface area contributed by atoms with Crippen LogP contribution in [-0.2, 0) is 20.9 Å². The predicted octanol–water partition coefficient (Wildman–Crippen LogP) is 4.84. The van der Waals surface area contributed by atoms with Crippen molar-refractivity contribution < 1.29 is 19.1 Å². The van der Waals surface area contributed by atoms with Crippen molar-refractivity contribution >= 4 is 12.1 Å². The van der Waals surface area contributed by atoms with Crippen LogP contribution in [0, 0.1) is 11.8 Å². The molecule has 0 bridgehead atoms. The molecule has 1 fully saturated rings. The second kappa shape index (κ2) is 9.77. The molecule has 3 atom stereocenters. The van der Waals surface area contributed by atoms with Crippen LogP contribution >= 0.6 is 0 Å². The van der Waals surface area contributed by atoms with Crippen LogP contribution in [0.25, 0.3) is 0 Å². The van der Waals surface area contributed by atoms with Crippen LogP contribution in [0.2, 0.25) is 0 Å². The van der Waals surface area contributed by atoms with Gasteiger partial charge in [-0.3, -0.25) is 4.79 Å². The van der Waals surface area contributed by atoms with Gasteiger partial charge in [0.25, 0.3) is 0 Å². The molecule has 27 heavy (non-hydrogen) atoms. The number of amides is 1. The minimum atomic E-state index is -0.535. The third-order valence-electron chi connectivity index (χ3n) is 5.00.